The number of ether oxygens (including phenoxy) is 1. The van der Waals surface area contributed by atoms with Crippen LogP contribution in [-0.4, -0.2) is 6.10 Å². The third-order valence-electron chi connectivity index (χ3n) is 7.34. The third kappa shape index (κ3) is 3.44. The summed E-state index contributed by atoms with van der Waals surface area (Å²) in [6.45, 7) is 6.16. The van der Waals surface area contributed by atoms with E-state index in [9.17, 15) is 8.78 Å². The number of fused-ring (bicyclic) bond motifs is 3. The van der Waals surface area contributed by atoms with Gasteiger partial charge in [0.1, 0.15) is 0 Å². The second-order valence-corrected chi connectivity index (χ2v) is 9.27. The second-order valence-electron chi connectivity index (χ2n) is 9.27. The van der Waals surface area contributed by atoms with Crippen LogP contribution in [-0.2, 0) is 5.41 Å². The summed E-state index contributed by atoms with van der Waals surface area (Å²) in [6.07, 6.45) is 8.17. The van der Waals surface area contributed by atoms with Crippen molar-refractivity contribution in [3.63, 3.8) is 0 Å². The topological polar surface area (TPSA) is 9.23 Å². The normalized spacial score (nSPS) is 27.6. The minimum Gasteiger partial charge on any atom is -0.485 e. The first-order valence-corrected chi connectivity index (χ1v) is 10.6. The van der Waals surface area contributed by atoms with E-state index in [1.807, 2.05) is 26.0 Å². The lowest BCUT2D eigenvalue weighted by Crippen LogP contribution is -2.42. The summed E-state index contributed by atoms with van der Waals surface area (Å²) in [4.78, 5) is 0. The molecule has 2 aromatic rings. The van der Waals surface area contributed by atoms with Gasteiger partial charge in [0.15, 0.2) is 17.4 Å². The molecule has 1 unspecified atom stereocenters. The molecule has 28 heavy (non-hydrogen) atoms. The number of rotatable bonds is 5. The van der Waals surface area contributed by atoms with Crippen LogP contribution < -0.4 is 4.74 Å². The Kier molecular flexibility index (Phi) is 4.97. The van der Waals surface area contributed by atoms with Crippen molar-refractivity contribution >= 4 is 0 Å². The first-order chi connectivity index (χ1) is 13.3. The van der Waals surface area contributed by atoms with Crippen molar-refractivity contribution in [3.8, 4) is 16.9 Å². The van der Waals surface area contributed by atoms with Gasteiger partial charge in [0.05, 0.1) is 6.10 Å². The molecular weight excluding hydrogens is 354 g/mol. The summed E-state index contributed by atoms with van der Waals surface area (Å²) >= 11 is 0. The number of benzene rings is 2. The number of halogens is 2. The molecule has 0 N–H and O–H groups in total. The van der Waals surface area contributed by atoms with E-state index in [1.54, 1.807) is 0 Å². The largest absolute Gasteiger partial charge is 0.485 e. The van der Waals surface area contributed by atoms with Gasteiger partial charge in [-0.2, -0.15) is 0 Å². The molecule has 2 aromatic carbocycles. The molecule has 3 saturated carbocycles. The number of hydrogen-bond donors (Lipinski definition) is 0. The van der Waals surface area contributed by atoms with E-state index >= 15 is 0 Å². The Hall–Kier alpha value is -1.90. The molecule has 0 aromatic heterocycles. The Balaban J connectivity index is 1.58. The highest BCUT2D eigenvalue weighted by Crippen LogP contribution is 2.57. The van der Waals surface area contributed by atoms with Gasteiger partial charge in [0, 0.05) is 0 Å². The van der Waals surface area contributed by atoms with E-state index in [4.69, 9.17) is 4.74 Å². The Bertz CT molecular complexity index is 808. The van der Waals surface area contributed by atoms with Crippen LogP contribution in [0.3, 0.4) is 0 Å². The number of hydrogen-bond acceptors (Lipinski definition) is 1. The molecule has 0 saturated heterocycles. The summed E-state index contributed by atoms with van der Waals surface area (Å²) in [5.74, 6) is -1.56. The van der Waals surface area contributed by atoms with E-state index in [0.29, 0.717) is 22.8 Å². The zero-order valence-electron chi connectivity index (χ0n) is 17.2. The molecule has 3 aliphatic carbocycles. The molecule has 0 heterocycles. The van der Waals surface area contributed by atoms with Crippen molar-refractivity contribution in [2.45, 2.75) is 77.2 Å². The third-order valence-corrected chi connectivity index (χ3v) is 7.34. The molecule has 150 valence electrons. The van der Waals surface area contributed by atoms with Crippen molar-refractivity contribution in [2.75, 3.05) is 0 Å². The zero-order valence-corrected chi connectivity index (χ0v) is 17.2. The standard InChI is InChI=1S/C25H30F2O/c1-4-17(2)28-23-21(26)15-19(16-22(23)27)18-5-7-20(8-6-18)25-12-9-24(3,10-13-25)11-14-25/h5-8,15-17H,4,9-14H2,1-3H3. The van der Waals surface area contributed by atoms with E-state index < -0.39 is 11.6 Å². The average molecular weight is 385 g/mol. The van der Waals surface area contributed by atoms with Crippen molar-refractivity contribution < 1.29 is 13.5 Å². The Labute approximate surface area is 167 Å². The van der Waals surface area contributed by atoms with Crippen LogP contribution in [0.25, 0.3) is 11.1 Å². The SMILES string of the molecule is CCC(C)Oc1c(F)cc(-c2ccc(C34CCC(C)(CC3)CC4)cc2)cc1F. The van der Waals surface area contributed by atoms with Gasteiger partial charge in [-0.05, 0) is 91.5 Å². The molecule has 0 spiro atoms. The Morgan fingerprint density at radius 2 is 1.43 bits per heavy atom. The maximum absolute atomic E-state index is 14.5. The van der Waals surface area contributed by atoms with Crippen LogP contribution in [0.4, 0.5) is 8.78 Å². The Morgan fingerprint density at radius 3 is 1.93 bits per heavy atom. The molecule has 0 aliphatic heterocycles. The lowest BCUT2D eigenvalue weighted by molar-refractivity contribution is 0.0556. The maximum atomic E-state index is 14.5. The average Bonchev–Trinajstić information content (AvgIpc) is 2.71. The maximum Gasteiger partial charge on any atom is 0.191 e. The van der Waals surface area contributed by atoms with Gasteiger partial charge < -0.3 is 4.74 Å². The smallest absolute Gasteiger partial charge is 0.191 e. The predicted molar refractivity (Wildman–Crippen MR) is 110 cm³/mol. The van der Waals surface area contributed by atoms with Crippen molar-refractivity contribution in [3.05, 3.63) is 53.6 Å². The molecule has 3 fully saturated rings. The van der Waals surface area contributed by atoms with Gasteiger partial charge in [-0.15, -0.1) is 0 Å². The molecule has 3 heteroatoms. The molecule has 5 rings (SSSR count). The molecule has 3 aliphatic rings. The molecular formula is C25H30F2O. The Morgan fingerprint density at radius 1 is 0.893 bits per heavy atom. The molecule has 0 amide bonds. The minimum absolute atomic E-state index is 0.221. The fourth-order valence-corrected chi connectivity index (χ4v) is 4.95. The molecule has 2 bridgehead atoms. The van der Waals surface area contributed by atoms with Gasteiger partial charge in [-0.3, -0.25) is 0 Å². The quantitative estimate of drug-likeness (QED) is 0.521. The predicted octanol–water partition coefficient (Wildman–Crippen LogP) is 7.42. The molecule has 1 nitrogen and oxygen atoms in total. The first kappa shape index (κ1) is 19.4. The lowest BCUT2D eigenvalue weighted by atomic mass is 9.52. The van der Waals surface area contributed by atoms with Crippen molar-refractivity contribution in [1.29, 1.82) is 0 Å². The highest BCUT2D eigenvalue weighted by Gasteiger charge is 2.46. The second kappa shape index (κ2) is 7.17. The van der Waals surface area contributed by atoms with Gasteiger partial charge >= 0.3 is 0 Å². The van der Waals surface area contributed by atoms with Crippen molar-refractivity contribution in [1.82, 2.24) is 0 Å². The van der Waals surface area contributed by atoms with Crippen molar-refractivity contribution in [2.24, 2.45) is 5.41 Å². The van der Waals surface area contributed by atoms with Crippen LogP contribution >= 0.6 is 0 Å². The molecule has 0 radical (unpaired) electrons. The first-order valence-electron chi connectivity index (χ1n) is 10.6. The lowest BCUT2D eigenvalue weighted by Gasteiger charge is -2.52. The van der Waals surface area contributed by atoms with E-state index in [0.717, 1.165) is 5.56 Å². The summed E-state index contributed by atoms with van der Waals surface area (Å²) in [6, 6.07) is 11.1. The van der Waals surface area contributed by atoms with Crippen LogP contribution in [0.5, 0.6) is 5.75 Å². The highest BCUT2D eigenvalue weighted by molar-refractivity contribution is 5.65. The van der Waals surface area contributed by atoms with Gasteiger partial charge in [0.2, 0.25) is 0 Å². The van der Waals surface area contributed by atoms with Crippen LogP contribution in [0.1, 0.15) is 71.3 Å². The highest BCUT2D eigenvalue weighted by atomic mass is 19.1. The van der Waals surface area contributed by atoms with E-state index in [-0.39, 0.29) is 11.9 Å². The van der Waals surface area contributed by atoms with Gasteiger partial charge in [-0.1, -0.05) is 38.1 Å². The monoisotopic (exact) mass is 384 g/mol. The van der Waals surface area contributed by atoms with Crippen LogP contribution in [0, 0.1) is 17.0 Å². The van der Waals surface area contributed by atoms with E-state index in [1.165, 1.54) is 56.2 Å². The van der Waals surface area contributed by atoms with Crippen LogP contribution in [0.2, 0.25) is 0 Å². The van der Waals surface area contributed by atoms with Gasteiger partial charge in [-0.25, -0.2) is 8.78 Å². The van der Waals surface area contributed by atoms with Gasteiger partial charge in [0.25, 0.3) is 0 Å². The summed E-state index contributed by atoms with van der Waals surface area (Å²) in [7, 11) is 0. The fraction of sp³-hybridized carbons (Fsp3) is 0.520. The fourth-order valence-electron chi connectivity index (χ4n) is 4.95. The van der Waals surface area contributed by atoms with E-state index in [2.05, 4.69) is 19.1 Å². The summed E-state index contributed by atoms with van der Waals surface area (Å²) < 4.78 is 34.3. The summed E-state index contributed by atoms with van der Waals surface area (Å²) in [5, 5.41) is 0. The molecule has 1 atom stereocenters. The minimum atomic E-state index is -0.642. The zero-order chi connectivity index (χ0) is 19.9. The van der Waals surface area contributed by atoms with Crippen LogP contribution in [0.15, 0.2) is 36.4 Å². The summed E-state index contributed by atoms with van der Waals surface area (Å²) in [5.41, 5.74) is 3.63.